The zero-order chi connectivity index (χ0) is 20.4. The Hall–Kier alpha value is -3.01. The maximum absolute atomic E-state index is 13.7. The molecule has 1 aliphatic rings. The lowest BCUT2D eigenvalue weighted by atomic mass is 10.2. The van der Waals surface area contributed by atoms with Crippen molar-refractivity contribution in [3.63, 3.8) is 0 Å². The summed E-state index contributed by atoms with van der Waals surface area (Å²) in [4.78, 5) is 23.6. The van der Waals surface area contributed by atoms with Crippen LogP contribution in [-0.2, 0) is 7.05 Å². The van der Waals surface area contributed by atoms with Gasteiger partial charge in [-0.2, -0.15) is 5.10 Å². The molecule has 0 radical (unpaired) electrons. The lowest BCUT2D eigenvalue weighted by molar-refractivity contribution is 0.102. The Labute approximate surface area is 171 Å². The van der Waals surface area contributed by atoms with Crippen molar-refractivity contribution in [1.29, 1.82) is 0 Å². The highest BCUT2D eigenvalue weighted by Crippen LogP contribution is 2.31. The number of hydrogen-bond acceptors (Lipinski definition) is 7. The molecule has 3 aromatic heterocycles. The second kappa shape index (κ2) is 8.16. The SMILES string of the molecule is Cn1ncc(NC(=O)c2nc(-c3ccccn3)sc2N)c1N1CCC[C@@H](F)CC1. The van der Waals surface area contributed by atoms with Gasteiger partial charge < -0.3 is 16.0 Å². The molecule has 4 rings (SSSR count). The van der Waals surface area contributed by atoms with Crippen LogP contribution in [0, 0.1) is 0 Å². The number of carbonyl (C=O) groups excluding carboxylic acids is 1. The molecule has 3 N–H and O–H groups in total. The van der Waals surface area contributed by atoms with E-state index in [0.717, 1.165) is 12.2 Å². The summed E-state index contributed by atoms with van der Waals surface area (Å²) in [5.74, 6) is 0.347. The molecule has 29 heavy (non-hydrogen) atoms. The summed E-state index contributed by atoms with van der Waals surface area (Å²) in [6.07, 6.45) is 4.25. The van der Waals surface area contributed by atoms with Gasteiger partial charge in [-0.25, -0.2) is 9.37 Å². The van der Waals surface area contributed by atoms with E-state index < -0.39 is 12.1 Å². The van der Waals surface area contributed by atoms with Gasteiger partial charge in [-0.05, 0) is 31.4 Å². The normalized spacial score (nSPS) is 17.2. The molecule has 0 saturated carbocycles. The van der Waals surface area contributed by atoms with Gasteiger partial charge in [-0.1, -0.05) is 17.4 Å². The third-order valence-corrected chi connectivity index (χ3v) is 5.77. The number of nitrogens with one attached hydrogen (secondary N) is 1. The van der Waals surface area contributed by atoms with Gasteiger partial charge in [-0.15, -0.1) is 0 Å². The molecule has 0 aliphatic carbocycles. The van der Waals surface area contributed by atoms with Gasteiger partial charge in [0.25, 0.3) is 5.91 Å². The monoisotopic (exact) mass is 415 g/mol. The van der Waals surface area contributed by atoms with Crippen molar-refractivity contribution in [3.8, 4) is 10.7 Å². The molecular formula is C19H22FN7OS. The molecule has 0 spiro atoms. The molecule has 1 aliphatic heterocycles. The van der Waals surface area contributed by atoms with E-state index in [1.54, 1.807) is 24.1 Å². The first-order valence-corrected chi connectivity index (χ1v) is 10.2. The smallest absolute Gasteiger partial charge is 0.277 e. The molecule has 0 unspecified atom stereocenters. The van der Waals surface area contributed by atoms with Crippen LogP contribution in [0.25, 0.3) is 10.7 Å². The number of pyridine rings is 1. The summed E-state index contributed by atoms with van der Waals surface area (Å²) < 4.78 is 15.4. The predicted octanol–water partition coefficient (Wildman–Crippen LogP) is 3.10. The molecule has 8 nitrogen and oxygen atoms in total. The zero-order valence-corrected chi connectivity index (χ0v) is 16.8. The number of nitrogens with zero attached hydrogens (tertiary/aromatic N) is 5. The van der Waals surface area contributed by atoms with Crippen LogP contribution in [0.15, 0.2) is 30.6 Å². The molecule has 0 aromatic carbocycles. The first-order chi connectivity index (χ1) is 14.0. The number of aryl methyl sites for hydroxylation is 1. The highest BCUT2D eigenvalue weighted by Gasteiger charge is 2.24. The fourth-order valence-corrected chi connectivity index (χ4v) is 4.24. The number of anilines is 3. The molecule has 4 heterocycles. The Kier molecular flexibility index (Phi) is 5.43. The minimum atomic E-state index is -0.786. The Bertz CT molecular complexity index is 1000. The molecule has 1 amide bonds. The number of nitrogens with two attached hydrogens (primary N) is 1. The van der Waals surface area contributed by atoms with Crippen LogP contribution in [0.5, 0.6) is 0 Å². The first-order valence-electron chi connectivity index (χ1n) is 9.43. The van der Waals surface area contributed by atoms with E-state index in [9.17, 15) is 9.18 Å². The van der Waals surface area contributed by atoms with Crippen molar-refractivity contribution < 1.29 is 9.18 Å². The minimum Gasteiger partial charge on any atom is -0.389 e. The topological polar surface area (TPSA) is 102 Å². The van der Waals surface area contributed by atoms with Crippen LogP contribution in [0.3, 0.4) is 0 Å². The highest BCUT2D eigenvalue weighted by molar-refractivity contribution is 7.19. The average molecular weight is 415 g/mol. The van der Waals surface area contributed by atoms with Crippen LogP contribution >= 0.6 is 11.3 Å². The first kappa shape index (κ1) is 19.3. The maximum atomic E-state index is 13.7. The third-order valence-electron chi connectivity index (χ3n) is 4.87. The van der Waals surface area contributed by atoms with Crippen molar-refractivity contribution in [2.24, 2.45) is 7.05 Å². The zero-order valence-electron chi connectivity index (χ0n) is 16.0. The number of carbonyl (C=O) groups is 1. The average Bonchev–Trinajstić information content (AvgIpc) is 3.20. The van der Waals surface area contributed by atoms with Gasteiger partial charge in [0.1, 0.15) is 21.9 Å². The van der Waals surface area contributed by atoms with E-state index in [0.29, 0.717) is 47.3 Å². The van der Waals surface area contributed by atoms with Crippen molar-refractivity contribution in [2.75, 3.05) is 29.0 Å². The summed E-state index contributed by atoms with van der Waals surface area (Å²) in [6.45, 7) is 1.29. The van der Waals surface area contributed by atoms with Crippen LogP contribution in [-0.4, -0.2) is 44.9 Å². The van der Waals surface area contributed by atoms with E-state index in [-0.39, 0.29) is 5.69 Å². The van der Waals surface area contributed by atoms with E-state index in [4.69, 9.17) is 5.73 Å². The van der Waals surface area contributed by atoms with Crippen LogP contribution < -0.4 is 16.0 Å². The highest BCUT2D eigenvalue weighted by atomic mass is 32.1. The van der Waals surface area contributed by atoms with Crippen LogP contribution in [0.4, 0.5) is 20.9 Å². The summed E-state index contributed by atoms with van der Waals surface area (Å²) >= 11 is 1.22. The summed E-state index contributed by atoms with van der Waals surface area (Å²) in [5.41, 5.74) is 7.43. The quantitative estimate of drug-likeness (QED) is 0.679. The standard InChI is InChI=1S/C19H22FN7OS/c1-26-19(27-9-4-5-12(20)7-10-27)14(11-23-26)24-17(28)15-16(21)29-18(25-15)13-6-2-3-8-22-13/h2-3,6,8,11-12H,4-5,7,9-10,21H2,1H3,(H,24,28)/t12-/m1/s1. The Morgan fingerprint density at radius 1 is 1.34 bits per heavy atom. The van der Waals surface area contributed by atoms with Crippen molar-refractivity contribution in [2.45, 2.75) is 25.4 Å². The van der Waals surface area contributed by atoms with Gasteiger partial charge in [0, 0.05) is 26.3 Å². The largest absolute Gasteiger partial charge is 0.389 e. The van der Waals surface area contributed by atoms with Crippen molar-refractivity contribution in [1.82, 2.24) is 19.7 Å². The van der Waals surface area contributed by atoms with E-state index in [2.05, 4.69) is 25.3 Å². The van der Waals surface area contributed by atoms with E-state index >= 15 is 0 Å². The Balaban J connectivity index is 1.56. The molecule has 1 saturated heterocycles. The molecule has 152 valence electrons. The van der Waals surface area contributed by atoms with Gasteiger partial charge in [0.15, 0.2) is 11.5 Å². The number of rotatable bonds is 4. The number of alkyl halides is 1. The van der Waals surface area contributed by atoms with Crippen molar-refractivity contribution in [3.05, 3.63) is 36.3 Å². The number of nitrogen functional groups attached to an aromatic ring is 1. The second-order valence-electron chi connectivity index (χ2n) is 6.92. The third kappa shape index (κ3) is 4.07. The molecule has 1 atom stereocenters. The number of halogens is 1. The van der Waals surface area contributed by atoms with Crippen LogP contribution in [0.1, 0.15) is 29.8 Å². The van der Waals surface area contributed by atoms with Crippen LogP contribution in [0.2, 0.25) is 0 Å². The van der Waals surface area contributed by atoms with Gasteiger partial charge in [0.2, 0.25) is 0 Å². The summed E-state index contributed by atoms with van der Waals surface area (Å²) in [6, 6.07) is 5.48. The van der Waals surface area contributed by atoms with Gasteiger partial charge in [0.05, 0.1) is 11.9 Å². The summed E-state index contributed by atoms with van der Waals surface area (Å²) in [5, 5.41) is 8.05. The van der Waals surface area contributed by atoms with Crippen molar-refractivity contribution >= 4 is 33.8 Å². The summed E-state index contributed by atoms with van der Waals surface area (Å²) in [7, 11) is 1.80. The fraction of sp³-hybridized carbons (Fsp3) is 0.368. The van der Waals surface area contributed by atoms with E-state index in [1.165, 1.54) is 11.3 Å². The maximum Gasteiger partial charge on any atom is 0.277 e. The lowest BCUT2D eigenvalue weighted by Crippen LogP contribution is -2.28. The van der Waals surface area contributed by atoms with Gasteiger partial charge >= 0.3 is 0 Å². The molecule has 10 heteroatoms. The second-order valence-corrected chi connectivity index (χ2v) is 7.95. The number of hydrogen-bond donors (Lipinski definition) is 2. The molecule has 1 fully saturated rings. The minimum absolute atomic E-state index is 0.158. The predicted molar refractivity (Wildman–Crippen MR) is 112 cm³/mol. The van der Waals surface area contributed by atoms with E-state index in [1.807, 2.05) is 18.2 Å². The fourth-order valence-electron chi connectivity index (χ4n) is 3.44. The Morgan fingerprint density at radius 3 is 3.00 bits per heavy atom. The Morgan fingerprint density at radius 2 is 2.21 bits per heavy atom. The molecule has 3 aromatic rings. The number of amides is 1. The number of thiazole rings is 1. The van der Waals surface area contributed by atoms with Gasteiger partial charge in [-0.3, -0.25) is 14.5 Å². The molecule has 0 bridgehead atoms. The molecular weight excluding hydrogens is 393 g/mol. The lowest BCUT2D eigenvalue weighted by Gasteiger charge is -2.23. The number of aromatic nitrogens is 4.